The second kappa shape index (κ2) is 12.1. The van der Waals surface area contributed by atoms with Crippen molar-refractivity contribution in [3.8, 4) is 11.5 Å². The molecule has 4 rings (SSSR count). The molecule has 2 aromatic heterocycles. The zero-order chi connectivity index (χ0) is 26.5. The predicted octanol–water partition coefficient (Wildman–Crippen LogP) is 4.65. The number of carbonyl (C=O) groups is 2. The minimum Gasteiger partial charge on any atom is -0.495 e. The van der Waals surface area contributed by atoms with Gasteiger partial charge in [-0.2, -0.15) is 0 Å². The van der Waals surface area contributed by atoms with Crippen LogP contribution in [-0.2, 0) is 9.53 Å². The number of benzene rings is 1. The van der Waals surface area contributed by atoms with Gasteiger partial charge in [-0.1, -0.05) is 23.4 Å². The topological polar surface area (TPSA) is 112 Å². The minimum absolute atomic E-state index is 0.0105. The van der Waals surface area contributed by atoms with E-state index in [0.29, 0.717) is 70.1 Å². The Labute approximate surface area is 226 Å². The normalized spacial score (nSPS) is 14.0. The molecular formula is C24H27ClN4O6S2. The number of halogens is 1. The molecule has 1 aliphatic rings. The number of likely N-dealkylation sites (tertiary alicyclic amines) is 1. The van der Waals surface area contributed by atoms with Crippen LogP contribution >= 0.6 is 34.7 Å². The summed E-state index contributed by atoms with van der Waals surface area (Å²) in [6.07, 6.45) is 0.817. The Kier molecular flexibility index (Phi) is 8.83. The van der Waals surface area contributed by atoms with Crippen LogP contribution < -0.4 is 20.3 Å². The van der Waals surface area contributed by atoms with Gasteiger partial charge in [0.2, 0.25) is 5.91 Å². The van der Waals surface area contributed by atoms with Crippen LogP contribution in [0, 0.1) is 0 Å². The molecule has 0 aliphatic carbocycles. The van der Waals surface area contributed by atoms with Crippen LogP contribution in [0.3, 0.4) is 0 Å². The number of fused-ring (bicyclic) bond motifs is 1. The van der Waals surface area contributed by atoms with Gasteiger partial charge in [0.25, 0.3) is 5.56 Å². The van der Waals surface area contributed by atoms with Gasteiger partial charge in [0.15, 0.2) is 5.16 Å². The van der Waals surface area contributed by atoms with E-state index in [9.17, 15) is 14.4 Å². The standard InChI is InChI=1S/C24H27ClN4O6S2/c1-4-35-24(32)28-8-5-14(6-9-28)29-22(31)21-16(7-10-36-21)27-23(29)37-13-20(30)26-17-11-15(25)18(33-2)12-19(17)34-3/h7,10-12,14H,4-6,8-9,13H2,1-3H3,(H,26,30). The first-order chi connectivity index (χ1) is 17.9. The van der Waals surface area contributed by atoms with Crippen molar-refractivity contribution < 1.29 is 23.8 Å². The highest BCUT2D eigenvalue weighted by atomic mass is 35.5. The number of hydrogen-bond donors (Lipinski definition) is 1. The van der Waals surface area contributed by atoms with Gasteiger partial charge in [-0.15, -0.1) is 11.3 Å². The number of ether oxygens (including phenoxy) is 3. The largest absolute Gasteiger partial charge is 0.495 e. The molecule has 0 saturated carbocycles. The maximum atomic E-state index is 13.4. The van der Waals surface area contributed by atoms with E-state index < -0.39 is 0 Å². The number of aromatic nitrogens is 2. The SMILES string of the molecule is CCOC(=O)N1CCC(n2c(SCC(=O)Nc3cc(Cl)c(OC)cc3OC)nc3ccsc3c2=O)CC1. The summed E-state index contributed by atoms with van der Waals surface area (Å²) in [5.41, 5.74) is 0.867. The molecule has 13 heteroatoms. The number of hydrogen-bond acceptors (Lipinski definition) is 9. The summed E-state index contributed by atoms with van der Waals surface area (Å²) in [4.78, 5) is 44.7. The van der Waals surface area contributed by atoms with Crippen LogP contribution in [0.5, 0.6) is 11.5 Å². The Morgan fingerprint density at radius 1 is 1.22 bits per heavy atom. The van der Waals surface area contributed by atoms with Gasteiger partial charge in [-0.05, 0) is 37.3 Å². The first kappa shape index (κ1) is 27.1. The average molecular weight is 567 g/mol. The van der Waals surface area contributed by atoms with Crippen molar-refractivity contribution in [3.05, 3.63) is 39.0 Å². The molecular weight excluding hydrogens is 540 g/mol. The number of methoxy groups -OCH3 is 2. The predicted molar refractivity (Wildman–Crippen MR) is 145 cm³/mol. The molecule has 198 valence electrons. The summed E-state index contributed by atoms with van der Waals surface area (Å²) >= 11 is 8.74. The Hall–Kier alpha value is -2.96. The Morgan fingerprint density at radius 2 is 1.95 bits per heavy atom. The molecule has 0 bridgehead atoms. The number of nitrogens with zero attached hydrogens (tertiary/aromatic N) is 3. The molecule has 3 heterocycles. The zero-order valence-corrected chi connectivity index (χ0v) is 23.0. The molecule has 10 nitrogen and oxygen atoms in total. The maximum Gasteiger partial charge on any atom is 0.409 e. The second-order valence-corrected chi connectivity index (χ2v) is 10.4. The lowest BCUT2D eigenvalue weighted by Crippen LogP contribution is -2.41. The minimum atomic E-state index is -0.347. The van der Waals surface area contributed by atoms with Gasteiger partial charge in [0, 0.05) is 25.2 Å². The van der Waals surface area contributed by atoms with Crippen LogP contribution in [0.4, 0.5) is 10.5 Å². The van der Waals surface area contributed by atoms with Crippen molar-refractivity contribution in [1.82, 2.24) is 14.5 Å². The number of carbonyl (C=O) groups excluding carboxylic acids is 2. The number of thioether (sulfide) groups is 1. The van der Waals surface area contributed by atoms with E-state index in [2.05, 4.69) is 5.32 Å². The number of thiophene rings is 1. The quantitative estimate of drug-likeness (QED) is 0.310. The van der Waals surface area contributed by atoms with Gasteiger partial charge in [0.05, 0.1) is 42.8 Å². The summed E-state index contributed by atoms with van der Waals surface area (Å²) in [5.74, 6) is 0.532. The molecule has 1 fully saturated rings. The summed E-state index contributed by atoms with van der Waals surface area (Å²) in [7, 11) is 2.98. The first-order valence-electron chi connectivity index (χ1n) is 11.6. The van der Waals surface area contributed by atoms with E-state index in [0.717, 1.165) is 0 Å². The number of anilines is 1. The lowest BCUT2D eigenvalue weighted by molar-refractivity contribution is -0.113. The smallest absolute Gasteiger partial charge is 0.409 e. The Morgan fingerprint density at radius 3 is 2.62 bits per heavy atom. The third kappa shape index (κ3) is 5.97. The van der Waals surface area contributed by atoms with Crippen molar-refractivity contribution in [2.45, 2.75) is 31.0 Å². The number of piperidine rings is 1. The van der Waals surface area contributed by atoms with E-state index in [1.807, 2.05) is 5.38 Å². The van der Waals surface area contributed by atoms with Gasteiger partial charge >= 0.3 is 6.09 Å². The van der Waals surface area contributed by atoms with Crippen LogP contribution in [0.15, 0.2) is 33.5 Å². The average Bonchev–Trinajstić information content (AvgIpc) is 3.37. The molecule has 37 heavy (non-hydrogen) atoms. The van der Waals surface area contributed by atoms with E-state index in [1.165, 1.54) is 37.3 Å². The monoisotopic (exact) mass is 566 g/mol. The Balaban J connectivity index is 1.52. The lowest BCUT2D eigenvalue weighted by Gasteiger charge is -2.32. The highest BCUT2D eigenvalue weighted by Crippen LogP contribution is 2.36. The van der Waals surface area contributed by atoms with Crippen LogP contribution in [-0.4, -0.2) is 66.1 Å². The summed E-state index contributed by atoms with van der Waals surface area (Å²) in [6, 6.07) is 4.80. The van der Waals surface area contributed by atoms with Crippen molar-refractivity contribution in [3.63, 3.8) is 0 Å². The van der Waals surface area contributed by atoms with Gasteiger partial charge in [0.1, 0.15) is 16.2 Å². The lowest BCUT2D eigenvalue weighted by atomic mass is 10.1. The van der Waals surface area contributed by atoms with E-state index in [4.69, 9.17) is 30.8 Å². The van der Waals surface area contributed by atoms with Crippen molar-refractivity contribution in [2.75, 3.05) is 45.0 Å². The molecule has 0 atom stereocenters. The third-order valence-corrected chi connectivity index (χ3v) is 8.06. The van der Waals surface area contributed by atoms with Gasteiger partial charge in [-0.25, -0.2) is 9.78 Å². The second-order valence-electron chi connectivity index (χ2n) is 8.15. The molecule has 1 saturated heterocycles. The first-order valence-corrected chi connectivity index (χ1v) is 13.9. The van der Waals surface area contributed by atoms with Crippen molar-refractivity contribution in [2.24, 2.45) is 0 Å². The maximum absolute atomic E-state index is 13.4. The molecule has 1 aromatic carbocycles. The van der Waals surface area contributed by atoms with Crippen molar-refractivity contribution in [1.29, 1.82) is 0 Å². The summed E-state index contributed by atoms with van der Waals surface area (Å²) < 4.78 is 17.9. The molecule has 0 radical (unpaired) electrons. The van der Waals surface area contributed by atoms with E-state index in [-0.39, 0.29) is 29.4 Å². The molecule has 0 unspecified atom stereocenters. The van der Waals surface area contributed by atoms with E-state index >= 15 is 0 Å². The van der Waals surface area contributed by atoms with Gasteiger partial charge in [-0.3, -0.25) is 14.2 Å². The summed E-state index contributed by atoms with van der Waals surface area (Å²) in [6.45, 7) is 3.03. The molecule has 2 amide bonds. The fourth-order valence-electron chi connectivity index (χ4n) is 4.12. The summed E-state index contributed by atoms with van der Waals surface area (Å²) in [5, 5.41) is 5.42. The molecule has 3 aromatic rings. The molecule has 1 aliphatic heterocycles. The Bertz CT molecular complexity index is 1350. The number of amides is 2. The zero-order valence-electron chi connectivity index (χ0n) is 20.6. The molecule has 1 N–H and O–H groups in total. The van der Waals surface area contributed by atoms with Crippen LogP contribution in [0.25, 0.3) is 10.2 Å². The number of nitrogens with one attached hydrogen (secondary N) is 1. The fourth-order valence-corrected chi connectivity index (χ4v) is 6.00. The van der Waals surface area contributed by atoms with Crippen LogP contribution in [0.1, 0.15) is 25.8 Å². The van der Waals surface area contributed by atoms with E-state index in [1.54, 1.807) is 34.6 Å². The third-order valence-electron chi connectivity index (χ3n) is 5.92. The fraction of sp³-hybridized carbons (Fsp3) is 0.417. The van der Waals surface area contributed by atoms with Gasteiger partial charge < -0.3 is 24.4 Å². The molecule has 0 spiro atoms. The number of rotatable bonds is 8. The highest BCUT2D eigenvalue weighted by molar-refractivity contribution is 7.99. The van der Waals surface area contributed by atoms with Crippen molar-refractivity contribution >= 4 is 62.6 Å². The highest BCUT2D eigenvalue weighted by Gasteiger charge is 2.28. The van der Waals surface area contributed by atoms with Crippen LogP contribution in [0.2, 0.25) is 5.02 Å².